The first-order chi connectivity index (χ1) is 7.88. The molecular weight excluding hydrogens is 216 g/mol. The van der Waals surface area contributed by atoms with Gasteiger partial charge in [0.15, 0.2) is 0 Å². The summed E-state index contributed by atoms with van der Waals surface area (Å²) in [5, 5.41) is 2.21. The molecule has 1 aliphatic heterocycles. The molecule has 1 saturated carbocycles. The summed E-state index contributed by atoms with van der Waals surface area (Å²) >= 11 is 1.92. The number of thiophene rings is 1. The molecule has 2 unspecified atom stereocenters. The van der Waals surface area contributed by atoms with Gasteiger partial charge in [-0.2, -0.15) is 0 Å². The van der Waals surface area contributed by atoms with E-state index in [9.17, 15) is 0 Å². The highest BCUT2D eigenvalue weighted by Crippen LogP contribution is 2.47. The molecular formula is C13H20N2S. The van der Waals surface area contributed by atoms with Gasteiger partial charge in [0.1, 0.15) is 0 Å². The topological polar surface area (TPSA) is 29.3 Å². The number of nitrogens with two attached hydrogens (primary N) is 1. The molecule has 0 aromatic carbocycles. The molecule has 1 aromatic heterocycles. The van der Waals surface area contributed by atoms with Gasteiger partial charge in [-0.25, -0.2) is 0 Å². The molecule has 88 valence electrons. The second-order valence-electron chi connectivity index (χ2n) is 5.18. The lowest BCUT2D eigenvalue weighted by Gasteiger charge is -2.27. The van der Waals surface area contributed by atoms with Gasteiger partial charge >= 0.3 is 0 Å². The molecule has 3 heteroatoms. The van der Waals surface area contributed by atoms with Crippen LogP contribution in [-0.2, 0) is 0 Å². The lowest BCUT2D eigenvalue weighted by Crippen LogP contribution is -2.28. The number of hydrogen-bond acceptors (Lipinski definition) is 3. The fourth-order valence-electron chi connectivity index (χ4n) is 2.89. The minimum atomic E-state index is 0.705. The number of rotatable bonds is 4. The Hall–Kier alpha value is -0.380. The van der Waals surface area contributed by atoms with E-state index < -0.39 is 0 Å². The van der Waals surface area contributed by atoms with Crippen molar-refractivity contribution >= 4 is 11.3 Å². The Labute approximate surface area is 101 Å². The summed E-state index contributed by atoms with van der Waals surface area (Å²) in [4.78, 5) is 4.25. The molecule has 16 heavy (non-hydrogen) atoms. The van der Waals surface area contributed by atoms with Crippen LogP contribution in [0.3, 0.4) is 0 Å². The SMILES string of the molecule is NCC1CCN(C(c2cccs2)C2CC2)C1. The lowest BCUT2D eigenvalue weighted by atomic mass is 10.1. The quantitative estimate of drug-likeness (QED) is 0.870. The van der Waals surface area contributed by atoms with Gasteiger partial charge in [-0.3, -0.25) is 4.90 Å². The Morgan fingerprint density at radius 3 is 2.88 bits per heavy atom. The Morgan fingerprint density at radius 1 is 1.44 bits per heavy atom. The van der Waals surface area contributed by atoms with Crippen LogP contribution in [0, 0.1) is 11.8 Å². The highest BCUT2D eigenvalue weighted by atomic mass is 32.1. The maximum atomic E-state index is 5.78. The summed E-state index contributed by atoms with van der Waals surface area (Å²) in [5.74, 6) is 1.66. The highest BCUT2D eigenvalue weighted by Gasteiger charge is 2.39. The van der Waals surface area contributed by atoms with Crippen molar-refractivity contribution in [2.24, 2.45) is 17.6 Å². The van der Waals surface area contributed by atoms with Crippen molar-refractivity contribution in [3.05, 3.63) is 22.4 Å². The monoisotopic (exact) mass is 236 g/mol. The fourth-order valence-corrected chi connectivity index (χ4v) is 3.84. The van der Waals surface area contributed by atoms with E-state index in [1.54, 1.807) is 4.88 Å². The van der Waals surface area contributed by atoms with Gasteiger partial charge in [0.2, 0.25) is 0 Å². The molecule has 0 bridgehead atoms. The van der Waals surface area contributed by atoms with E-state index >= 15 is 0 Å². The van der Waals surface area contributed by atoms with Crippen LogP contribution in [0.2, 0.25) is 0 Å². The zero-order valence-corrected chi connectivity index (χ0v) is 10.5. The van der Waals surface area contributed by atoms with Crippen molar-refractivity contribution in [3.8, 4) is 0 Å². The van der Waals surface area contributed by atoms with Gasteiger partial charge in [0.05, 0.1) is 0 Å². The highest BCUT2D eigenvalue weighted by molar-refractivity contribution is 7.10. The molecule has 2 aliphatic rings. The first-order valence-corrected chi connectivity index (χ1v) is 7.24. The molecule has 0 spiro atoms. The largest absolute Gasteiger partial charge is 0.330 e. The van der Waals surface area contributed by atoms with Gasteiger partial charge < -0.3 is 5.73 Å². The second kappa shape index (κ2) is 4.47. The normalized spacial score (nSPS) is 28.4. The summed E-state index contributed by atoms with van der Waals surface area (Å²) < 4.78 is 0. The standard InChI is InChI=1S/C13H20N2S/c14-8-10-5-6-15(9-10)13(11-3-4-11)12-2-1-7-16-12/h1-2,7,10-11,13H,3-6,8-9,14H2. The molecule has 2 nitrogen and oxygen atoms in total. The molecule has 0 radical (unpaired) electrons. The summed E-state index contributed by atoms with van der Waals surface area (Å²) in [6.45, 7) is 3.33. The third-order valence-electron chi connectivity index (χ3n) is 3.95. The minimum Gasteiger partial charge on any atom is -0.330 e. The zero-order valence-electron chi connectivity index (χ0n) is 9.64. The molecule has 2 heterocycles. The second-order valence-corrected chi connectivity index (χ2v) is 6.16. The third-order valence-corrected chi connectivity index (χ3v) is 4.89. The van der Waals surface area contributed by atoms with E-state index in [0.29, 0.717) is 6.04 Å². The van der Waals surface area contributed by atoms with E-state index in [2.05, 4.69) is 22.4 Å². The van der Waals surface area contributed by atoms with Crippen LogP contribution < -0.4 is 5.73 Å². The summed E-state index contributed by atoms with van der Waals surface area (Å²) in [5.41, 5.74) is 5.78. The van der Waals surface area contributed by atoms with Gasteiger partial charge in [-0.05, 0) is 55.6 Å². The predicted octanol–water partition coefficient (Wildman–Crippen LogP) is 2.48. The third kappa shape index (κ3) is 2.04. The maximum Gasteiger partial charge on any atom is 0.0469 e. The molecule has 1 aliphatic carbocycles. The molecule has 1 aromatic rings. The zero-order chi connectivity index (χ0) is 11.0. The fraction of sp³-hybridized carbons (Fsp3) is 0.692. The van der Waals surface area contributed by atoms with Crippen molar-refractivity contribution in [1.82, 2.24) is 4.90 Å². The van der Waals surface area contributed by atoms with Crippen molar-refractivity contribution in [3.63, 3.8) is 0 Å². The van der Waals surface area contributed by atoms with Crippen LogP contribution in [0.15, 0.2) is 17.5 Å². The van der Waals surface area contributed by atoms with E-state index in [4.69, 9.17) is 5.73 Å². The number of nitrogens with zero attached hydrogens (tertiary/aromatic N) is 1. The Kier molecular flexibility index (Phi) is 3.01. The molecule has 3 rings (SSSR count). The van der Waals surface area contributed by atoms with Crippen molar-refractivity contribution in [2.75, 3.05) is 19.6 Å². The summed E-state index contributed by atoms with van der Waals surface area (Å²) in [7, 11) is 0. The van der Waals surface area contributed by atoms with Crippen LogP contribution in [0.25, 0.3) is 0 Å². The molecule has 1 saturated heterocycles. The van der Waals surface area contributed by atoms with Crippen LogP contribution >= 0.6 is 11.3 Å². The summed E-state index contributed by atoms with van der Waals surface area (Å²) in [6.07, 6.45) is 4.14. The van der Waals surface area contributed by atoms with Crippen molar-refractivity contribution < 1.29 is 0 Å². The van der Waals surface area contributed by atoms with E-state index in [1.807, 2.05) is 11.3 Å². The van der Waals surface area contributed by atoms with Crippen LogP contribution in [-0.4, -0.2) is 24.5 Å². The van der Waals surface area contributed by atoms with Gasteiger partial charge in [0, 0.05) is 17.5 Å². The van der Waals surface area contributed by atoms with Gasteiger partial charge in [0.25, 0.3) is 0 Å². The molecule has 0 amide bonds. The van der Waals surface area contributed by atoms with Gasteiger partial charge in [-0.15, -0.1) is 11.3 Å². The molecule has 2 N–H and O–H groups in total. The van der Waals surface area contributed by atoms with E-state index in [-0.39, 0.29) is 0 Å². The first-order valence-electron chi connectivity index (χ1n) is 6.36. The smallest absolute Gasteiger partial charge is 0.0469 e. The predicted molar refractivity (Wildman–Crippen MR) is 68.5 cm³/mol. The number of hydrogen-bond donors (Lipinski definition) is 1. The Balaban J connectivity index is 1.74. The minimum absolute atomic E-state index is 0.705. The van der Waals surface area contributed by atoms with Crippen LogP contribution in [0.5, 0.6) is 0 Å². The maximum absolute atomic E-state index is 5.78. The average Bonchev–Trinajstić information content (AvgIpc) is 2.83. The Morgan fingerprint density at radius 2 is 2.31 bits per heavy atom. The van der Waals surface area contributed by atoms with Crippen molar-refractivity contribution in [1.29, 1.82) is 0 Å². The van der Waals surface area contributed by atoms with Crippen LogP contribution in [0.4, 0.5) is 0 Å². The Bertz CT molecular complexity index is 332. The van der Waals surface area contributed by atoms with Gasteiger partial charge in [-0.1, -0.05) is 6.07 Å². The molecule has 2 fully saturated rings. The average molecular weight is 236 g/mol. The molecule has 2 atom stereocenters. The summed E-state index contributed by atoms with van der Waals surface area (Å²) in [6, 6.07) is 5.20. The van der Waals surface area contributed by atoms with Crippen LogP contribution in [0.1, 0.15) is 30.2 Å². The van der Waals surface area contributed by atoms with Crippen molar-refractivity contribution in [2.45, 2.75) is 25.3 Å². The first kappa shape index (κ1) is 10.8. The number of likely N-dealkylation sites (tertiary alicyclic amines) is 1. The van der Waals surface area contributed by atoms with E-state index in [1.165, 1.54) is 32.4 Å². The lowest BCUT2D eigenvalue weighted by molar-refractivity contribution is 0.217. The van der Waals surface area contributed by atoms with E-state index in [0.717, 1.165) is 18.4 Å².